The van der Waals surface area contributed by atoms with Crippen LogP contribution in [0.4, 0.5) is 0 Å². The van der Waals surface area contributed by atoms with E-state index >= 15 is 0 Å². The number of rotatable bonds is 7. The molecule has 0 atom stereocenters. The van der Waals surface area contributed by atoms with E-state index in [1.807, 2.05) is 19.1 Å². The molecule has 3 heterocycles. The van der Waals surface area contributed by atoms with Gasteiger partial charge in [-0.25, -0.2) is 0 Å². The Labute approximate surface area is 209 Å². The zero-order valence-electron chi connectivity index (χ0n) is 20.3. The van der Waals surface area contributed by atoms with Gasteiger partial charge in [0.2, 0.25) is 5.17 Å². The maximum absolute atomic E-state index is 12.9. The predicted molar refractivity (Wildman–Crippen MR) is 147 cm³/mol. The minimum absolute atomic E-state index is 0.0894. The average molecular weight is 484 g/mol. The summed E-state index contributed by atoms with van der Waals surface area (Å²) in [7, 11) is 0. The quantitative estimate of drug-likeness (QED) is 0.295. The predicted octanol–water partition coefficient (Wildman–Crippen LogP) is 6.84. The Morgan fingerprint density at radius 1 is 1.03 bits per heavy atom. The Bertz CT molecular complexity index is 1430. The number of aliphatic imine (C=N–C) groups is 1. The van der Waals surface area contributed by atoms with Gasteiger partial charge in [-0.3, -0.25) is 10.2 Å². The summed E-state index contributed by atoms with van der Waals surface area (Å²) in [5.41, 5.74) is 4.31. The van der Waals surface area contributed by atoms with Crippen LogP contribution >= 0.6 is 11.8 Å². The minimum Gasteiger partial charge on any atom is -0.318 e. The van der Waals surface area contributed by atoms with E-state index in [0.29, 0.717) is 5.17 Å². The van der Waals surface area contributed by atoms with E-state index in [1.165, 1.54) is 40.4 Å². The van der Waals surface area contributed by atoms with Gasteiger partial charge < -0.3 is 4.57 Å². The summed E-state index contributed by atoms with van der Waals surface area (Å²) in [6.07, 6.45) is 7.26. The molecule has 1 aromatic heterocycles. The van der Waals surface area contributed by atoms with Gasteiger partial charge in [0.25, 0.3) is 5.91 Å². The molecule has 0 radical (unpaired) electrons. The number of hydrogen-bond donors (Lipinski definition) is 1. The minimum atomic E-state index is -0.383. The van der Waals surface area contributed by atoms with E-state index in [-0.39, 0.29) is 17.3 Å². The molecule has 2 aliphatic rings. The molecule has 2 aliphatic heterocycles. The second-order valence-electron chi connectivity index (χ2n) is 9.02. The monoisotopic (exact) mass is 483 g/mol. The lowest BCUT2D eigenvalue weighted by Crippen LogP contribution is -2.35. The van der Waals surface area contributed by atoms with Crippen molar-refractivity contribution in [2.45, 2.75) is 52.9 Å². The Hall–Kier alpha value is -3.45. The molecule has 0 spiro atoms. The number of carbonyl (C=O) groups is 1. The molecule has 0 unspecified atom stereocenters. The molecule has 0 bridgehead atoms. The Morgan fingerprint density at radius 3 is 2.63 bits per heavy atom. The van der Waals surface area contributed by atoms with Crippen LogP contribution in [0.25, 0.3) is 22.5 Å². The molecule has 5 rings (SSSR count). The number of hydrazone groups is 1. The van der Waals surface area contributed by atoms with Crippen LogP contribution in [0.3, 0.4) is 0 Å². The van der Waals surface area contributed by atoms with E-state index < -0.39 is 0 Å². The first kappa shape index (κ1) is 23.3. The fourth-order valence-corrected chi connectivity index (χ4v) is 5.56. The van der Waals surface area contributed by atoms with Crippen molar-refractivity contribution in [3.05, 3.63) is 71.1 Å². The van der Waals surface area contributed by atoms with Gasteiger partial charge >= 0.3 is 0 Å². The topological polar surface area (TPSA) is 73.8 Å². The van der Waals surface area contributed by atoms with Crippen molar-refractivity contribution < 1.29 is 4.79 Å². The number of nitrogens with one attached hydrogen (secondary N) is 1. The van der Waals surface area contributed by atoms with Crippen molar-refractivity contribution in [3.8, 4) is 5.69 Å². The maximum atomic E-state index is 12.9. The molecule has 1 N–H and O–H groups in total. The number of hydrogen-bond acceptors (Lipinski definition) is 4. The zero-order chi connectivity index (χ0) is 24.5. The van der Waals surface area contributed by atoms with Crippen LogP contribution in [-0.2, 0) is 4.79 Å². The van der Waals surface area contributed by atoms with Crippen LogP contribution in [0, 0.1) is 19.3 Å². The molecule has 0 aliphatic carbocycles. The summed E-state index contributed by atoms with van der Waals surface area (Å²) in [5, 5.41) is 18.6. The summed E-state index contributed by atoms with van der Waals surface area (Å²) in [6.45, 7) is 6.29. The SMILES string of the molecule is CCCCCCC1=NN2C(=N)/C(=C\c3cc(C)n(-c4ccc5ccccc5c4)c3C)C(=O)N=C2S1. The molecule has 6 nitrogen and oxygen atoms in total. The lowest BCUT2D eigenvalue weighted by atomic mass is 10.1. The van der Waals surface area contributed by atoms with Crippen LogP contribution in [0.15, 0.2) is 64.2 Å². The summed E-state index contributed by atoms with van der Waals surface area (Å²) in [6, 6.07) is 16.8. The lowest BCUT2D eigenvalue weighted by molar-refractivity contribution is -0.114. The molecular weight excluding hydrogens is 454 g/mol. The Balaban J connectivity index is 1.43. The first-order valence-corrected chi connectivity index (χ1v) is 12.9. The van der Waals surface area contributed by atoms with Crippen LogP contribution in [0.1, 0.15) is 56.0 Å². The van der Waals surface area contributed by atoms with Crippen LogP contribution in [0.2, 0.25) is 0 Å². The van der Waals surface area contributed by atoms with Crippen molar-refractivity contribution in [2.24, 2.45) is 10.1 Å². The van der Waals surface area contributed by atoms with Gasteiger partial charge in [0.1, 0.15) is 5.04 Å². The smallest absolute Gasteiger partial charge is 0.283 e. The van der Waals surface area contributed by atoms with Gasteiger partial charge in [-0.15, -0.1) is 0 Å². The summed E-state index contributed by atoms with van der Waals surface area (Å²) < 4.78 is 2.18. The number of aryl methyl sites for hydroxylation is 1. The fourth-order valence-electron chi connectivity index (χ4n) is 4.64. The standard InChI is InChI=1S/C28H29N5OS/c1-4-5-6-7-12-25-31-33-26(29)24(27(34)30-28(33)35-25)17-22-15-18(2)32(19(22)3)23-14-13-20-10-8-9-11-21(20)16-23/h8-11,13-17,29H,4-7,12H2,1-3H3/b24-17+,29-26?. The summed E-state index contributed by atoms with van der Waals surface area (Å²) in [4.78, 5) is 17.1. The van der Waals surface area contributed by atoms with Crippen molar-refractivity contribution in [1.29, 1.82) is 5.41 Å². The highest BCUT2D eigenvalue weighted by molar-refractivity contribution is 8.26. The summed E-state index contributed by atoms with van der Waals surface area (Å²) in [5.74, 6) is -0.293. The van der Waals surface area contributed by atoms with Gasteiger partial charge in [0.15, 0.2) is 5.84 Å². The number of nitrogens with zero attached hydrogens (tertiary/aromatic N) is 4. The first-order valence-electron chi connectivity index (χ1n) is 12.1. The molecule has 35 heavy (non-hydrogen) atoms. The number of carbonyl (C=O) groups excluding carboxylic acids is 1. The molecule has 2 aromatic carbocycles. The van der Waals surface area contributed by atoms with E-state index in [1.54, 1.807) is 6.08 Å². The maximum Gasteiger partial charge on any atom is 0.283 e. The third kappa shape index (κ3) is 4.48. The molecule has 7 heteroatoms. The van der Waals surface area contributed by atoms with Gasteiger partial charge in [-0.1, -0.05) is 56.5 Å². The van der Waals surface area contributed by atoms with Crippen LogP contribution < -0.4 is 0 Å². The van der Waals surface area contributed by atoms with Crippen molar-refractivity contribution in [2.75, 3.05) is 0 Å². The number of unbranched alkanes of at least 4 members (excludes halogenated alkanes) is 3. The van der Waals surface area contributed by atoms with Gasteiger partial charge in [0, 0.05) is 17.1 Å². The lowest BCUT2D eigenvalue weighted by Gasteiger charge is -2.20. The Morgan fingerprint density at radius 2 is 1.83 bits per heavy atom. The molecule has 0 saturated carbocycles. The van der Waals surface area contributed by atoms with Crippen molar-refractivity contribution in [1.82, 2.24) is 9.58 Å². The van der Waals surface area contributed by atoms with Crippen LogP contribution in [-0.4, -0.2) is 31.5 Å². The number of amides is 1. The van der Waals surface area contributed by atoms with Crippen molar-refractivity contribution in [3.63, 3.8) is 0 Å². The third-order valence-corrected chi connectivity index (χ3v) is 7.47. The summed E-state index contributed by atoms with van der Waals surface area (Å²) >= 11 is 1.41. The number of aromatic nitrogens is 1. The molecule has 0 saturated heterocycles. The molecular formula is C28H29N5OS. The molecule has 178 valence electrons. The second-order valence-corrected chi connectivity index (χ2v) is 10.1. The van der Waals surface area contributed by atoms with Crippen LogP contribution in [0.5, 0.6) is 0 Å². The van der Waals surface area contributed by atoms with E-state index in [4.69, 9.17) is 5.41 Å². The van der Waals surface area contributed by atoms with Crippen molar-refractivity contribution >= 4 is 50.6 Å². The van der Waals surface area contributed by atoms with Gasteiger partial charge in [-0.2, -0.15) is 15.1 Å². The number of fused-ring (bicyclic) bond motifs is 2. The second kappa shape index (κ2) is 9.66. The van der Waals surface area contributed by atoms with E-state index in [2.05, 4.69) is 64.9 Å². The fraction of sp³-hybridized carbons (Fsp3) is 0.286. The number of benzene rings is 2. The average Bonchev–Trinajstić information content (AvgIpc) is 3.38. The van der Waals surface area contributed by atoms with E-state index in [9.17, 15) is 4.79 Å². The highest BCUT2D eigenvalue weighted by Gasteiger charge is 2.35. The Kier molecular flexibility index (Phi) is 6.43. The largest absolute Gasteiger partial charge is 0.318 e. The molecule has 3 aromatic rings. The van der Waals surface area contributed by atoms with Gasteiger partial charge in [-0.05, 0) is 79.1 Å². The third-order valence-electron chi connectivity index (χ3n) is 6.50. The normalized spacial score (nSPS) is 16.8. The first-order chi connectivity index (χ1) is 17.0. The number of thioether (sulfide) groups is 1. The van der Waals surface area contributed by atoms with Gasteiger partial charge in [0.05, 0.1) is 5.57 Å². The molecule has 0 fully saturated rings. The number of amidine groups is 2. The highest BCUT2D eigenvalue weighted by Crippen LogP contribution is 2.31. The molecule has 1 amide bonds. The van der Waals surface area contributed by atoms with E-state index in [0.717, 1.165) is 46.9 Å². The highest BCUT2D eigenvalue weighted by atomic mass is 32.2. The zero-order valence-corrected chi connectivity index (χ0v) is 21.2.